The van der Waals surface area contributed by atoms with Crippen molar-refractivity contribution in [2.45, 2.75) is 32.3 Å². The average molecular weight is 413 g/mol. The van der Waals surface area contributed by atoms with Crippen LogP contribution in [0.5, 0.6) is 5.75 Å². The Kier molecular flexibility index (Phi) is 9.40. The summed E-state index contributed by atoms with van der Waals surface area (Å²) in [4.78, 5) is 23.1. The van der Waals surface area contributed by atoms with Crippen LogP contribution < -0.4 is 10.1 Å². The summed E-state index contributed by atoms with van der Waals surface area (Å²) in [7, 11) is 0. The second kappa shape index (κ2) is 12.3. The summed E-state index contributed by atoms with van der Waals surface area (Å²) in [5.74, 6) is -0.469. The number of carbonyl (C=O) groups is 2. The number of para-hydroxylation sites is 1. The van der Waals surface area contributed by atoms with Gasteiger partial charge in [0.1, 0.15) is 18.5 Å². The highest BCUT2D eigenvalue weighted by molar-refractivity contribution is 5.84. The fourth-order valence-electron chi connectivity index (χ4n) is 2.83. The van der Waals surface area contributed by atoms with Crippen LogP contribution in [-0.4, -0.2) is 35.5 Å². The lowest BCUT2D eigenvalue weighted by Gasteiger charge is -2.21. The van der Waals surface area contributed by atoms with Gasteiger partial charge >= 0.3 is 12.1 Å². The van der Waals surface area contributed by atoms with Gasteiger partial charge in [-0.15, -0.1) is 0 Å². The number of carboxylic acid groups (broad SMARTS) is 1. The average Bonchev–Trinajstić information content (AvgIpc) is 2.73. The van der Waals surface area contributed by atoms with Gasteiger partial charge in [-0.2, -0.15) is 0 Å². The summed E-state index contributed by atoms with van der Waals surface area (Å²) in [6, 6.07) is 14.5. The van der Waals surface area contributed by atoms with Crippen molar-refractivity contribution in [1.29, 1.82) is 0 Å². The van der Waals surface area contributed by atoms with Gasteiger partial charge in [0.25, 0.3) is 0 Å². The Morgan fingerprint density at radius 3 is 2.57 bits per heavy atom. The monoisotopic (exact) mass is 413 g/mol. The number of hydrogen-bond acceptors (Lipinski definition) is 5. The number of anilines is 1. The molecule has 30 heavy (non-hydrogen) atoms. The highest BCUT2D eigenvalue weighted by Crippen LogP contribution is 2.32. The Morgan fingerprint density at radius 1 is 1.13 bits per heavy atom. The highest BCUT2D eigenvalue weighted by Gasteiger charge is 2.20. The third-order valence-corrected chi connectivity index (χ3v) is 4.26. The predicted octanol–water partition coefficient (Wildman–Crippen LogP) is 4.47. The zero-order chi connectivity index (χ0) is 21.8. The molecule has 7 heteroatoms. The minimum atomic E-state index is -0.997. The lowest BCUT2D eigenvalue weighted by atomic mass is 10.0. The molecule has 2 rings (SSSR count). The summed E-state index contributed by atoms with van der Waals surface area (Å²) in [6.45, 7) is 1.95. The van der Waals surface area contributed by atoms with E-state index < -0.39 is 18.2 Å². The van der Waals surface area contributed by atoms with Gasteiger partial charge in [0.2, 0.25) is 0 Å². The Hall–Kier alpha value is -3.32. The number of aliphatic hydroxyl groups excluding tert-OH is 1. The molecule has 2 aromatic carbocycles. The van der Waals surface area contributed by atoms with Crippen molar-refractivity contribution in [3.63, 3.8) is 0 Å². The zero-order valence-corrected chi connectivity index (χ0v) is 16.9. The minimum Gasteiger partial charge on any atom is -0.491 e. The second-order valence-electron chi connectivity index (χ2n) is 6.67. The van der Waals surface area contributed by atoms with Gasteiger partial charge in [-0.3, -0.25) is 5.32 Å². The minimum absolute atomic E-state index is 0.126. The molecule has 0 aliphatic heterocycles. The van der Waals surface area contributed by atoms with Crippen LogP contribution in [0.1, 0.15) is 36.5 Å². The largest absolute Gasteiger partial charge is 0.491 e. The van der Waals surface area contributed by atoms with Gasteiger partial charge in [0, 0.05) is 17.3 Å². The standard InChI is InChI=1S/C23H27NO6/c1-17-11-13-18(14-12-17)24-23(28)30-21(9-3-2-4-10-22(26)27)19-7-5-6-8-20(19)29-16-15-25/h4-8,10-14,21,25H,2-3,9,15-16H2,1H3,(H,24,28)(H,26,27)/b10-4+/t21-/m0/s1. The van der Waals surface area contributed by atoms with Gasteiger partial charge in [0.05, 0.1) is 6.61 Å². The van der Waals surface area contributed by atoms with E-state index in [1.165, 1.54) is 0 Å². The van der Waals surface area contributed by atoms with Crippen molar-refractivity contribution < 1.29 is 29.3 Å². The van der Waals surface area contributed by atoms with E-state index in [0.29, 0.717) is 36.3 Å². The molecule has 2 aromatic rings. The molecule has 0 aliphatic carbocycles. The van der Waals surface area contributed by atoms with Crippen molar-refractivity contribution in [3.05, 3.63) is 71.8 Å². The van der Waals surface area contributed by atoms with Crippen LogP contribution in [0.25, 0.3) is 0 Å². The summed E-state index contributed by atoms with van der Waals surface area (Å²) in [6.07, 6.45) is 3.10. The fourth-order valence-corrected chi connectivity index (χ4v) is 2.83. The number of carbonyl (C=O) groups excluding carboxylic acids is 1. The second-order valence-corrected chi connectivity index (χ2v) is 6.67. The Balaban J connectivity index is 2.11. The molecule has 1 amide bonds. The number of aliphatic hydroxyl groups is 1. The number of benzene rings is 2. The quantitative estimate of drug-likeness (QED) is 0.371. The molecule has 0 saturated carbocycles. The topological polar surface area (TPSA) is 105 Å². The molecule has 7 nitrogen and oxygen atoms in total. The lowest BCUT2D eigenvalue weighted by Crippen LogP contribution is -2.18. The maximum atomic E-state index is 12.5. The first-order valence-corrected chi connectivity index (χ1v) is 9.76. The van der Waals surface area contributed by atoms with Crippen LogP contribution in [0.3, 0.4) is 0 Å². The number of aryl methyl sites for hydroxylation is 1. The summed E-state index contributed by atoms with van der Waals surface area (Å²) < 4.78 is 11.3. The number of allylic oxidation sites excluding steroid dienone is 1. The molecule has 0 bridgehead atoms. The molecule has 160 valence electrons. The van der Waals surface area contributed by atoms with Crippen molar-refractivity contribution in [2.75, 3.05) is 18.5 Å². The van der Waals surface area contributed by atoms with Gasteiger partial charge in [0.15, 0.2) is 0 Å². The van der Waals surface area contributed by atoms with Crippen LogP contribution in [0.15, 0.2) is 60.7 Å². The molecule has 0 saturated heterocycles. The number of nitrogens with one attached hydrogen (secondary N) is 1. The van der Waals surface area contributed by atoms with Gasteiger partial charge in [-0.1, -0.05) is 42.0 Å². The first-order chi connectivity index (χ1) is 14.5. The number of ether oxygens (including phenoxy) is 2. The molecule has 0 heterocycles. The molecule has 0 spiro atoms. The third kappa shape index (κ3) is 7.97. The van der Waals surface area contributed by atoms with E-state index in [1.807, 2.05) is 31.2 Å². The molecule has 1 atom stereocenters. The van der Waals surface area contributed by atoms with E-state index >= 15 is 0 Å². The van der Waals surface area contributed by atoms with Crippen LogP contribution in [0.2, 0.25) is 0 Å². The molecule has 3 N–H and O–H groups in total. The van der Waals surface area contributed by atoms with E-state index in [9.17, 15) is 9.59 Å². The number of carboxylic acids is 1. The molecular formula is C23H27NO6. The Labute approximate surface area is 176 Å². The number of aliphatic carboxylic acids is 1. The summed E-state index contributed by atoms with van der Waals surface area (Å²) in [5, 5.41) is 20.5. The molecule has 0 aliphatic rings. The molecule has 0 aromatic heterocycles. The number of hydrogen-bond donors (Lipinski definition) is 3. The molecule has 0 radical (unpaired) electrons. The van der Waals surface area contributed by atoms with E-state index in [2.05, 4.69) is 5.32 Å². The van der Waals surface area contributed by atoms with E-state index in [4.69, 9.17) is 19.7 Å². The number of rotatable bonds is 11. The van der Waals surface area contributed by atoms with Gasteiger partial charge in [-0.05, 0) is 44.4 Å². The predicted molar refractivity (Wildman–Crippen MR) is 114 cm³/mol. The first kappa shape index (κ1) is 23.0. The summed E-state index contributed by atoms with van der Waals surface area (Å²) in [5.41, 5.74) is 2.39. The van der Waals surface area contributed by atoms with Gasteiger partial charge < -0.3 is 19.7 Å². The van der Waals surface area contributed by atoms with Crippen LogP contribution >= 0.6 is 0 Å². The molecule has 0 fully saturated rings. The van der Waals surface area contributed by atoms with Crippen LogP contribution in [-0.2, 0) is 9.53 Å². The number of amides is 1. The van der Waals surface area contributed by atoms with Crippen LogP contribution in [0, 0.1) is 6.92 Å². The first-order valence-electron chi connectivity index (χ1n) is 9.76. The normalized spacial score (nSPS) is 11.8. The smallest absolute Gasteiger partial charge is 0.412 e. The van der Waals surface area contributed by atoms with E-state index in [1.54, 1.807) is 30.3 Å². The maximum absolute atomic E-state index is 12.5. The van der Waals surface area contributed by atoms with Crippen molar-refractivity contribution in [3.8, 4) is 5.75 Å². The van der Waals surface area contributed by atoms with Crippen LogP contribution in [0.4, 0.5) is 10.5 Å². The SMILES string of the molecule is Cc1ccc(NC(=O)O[C@@H](CCC/C=C/C(=O)O)c2ccccc2OCCO)cc1. The third-order valence-electron chi connectivity index (χ3n) is 4.26. The van der Waals surface area contributed by atoms with Crippen molar-refractivity contribution in [1.82, 2.24) is 0 Å². The van der Waals surface area contributed by atoms with Crippen molar-refractivity contribution >= 4 is 17.7 Å². The van der Waals surface area contributed by atoms with Gasteiger partial charge in [-0.25, -0.2) is 9.59 Å². The van der Waals surface area contributed by atoms with E-state index in [0.717, 1.165) is 11.6 Å². The van der Waals surface area contributed by atoms with E-state index in [-0.39, 0.29) is 13.2 Å². The number of unbranched alkanes of at least 4 members (excludes halogenated alkanes) is 1. The Bertz CT molecular complexity index is 847. The fraction of sp³-hybridized carbons (Fsp3) is 0.304. The molecular weight excluding hydrogens is 386 g/mol. The van der Waals surface area contributed by atoms with Crippen molar-refractivity contribution in [2.24, 2.45) is 0 Å². The Morgan fingerprint density at radius 2 is 1.87 bits per heavy atom. The summed E-state index contributed by atoms with van der Waals surface area (Å²) >= 11 is 0. The zero-order valence-electron chi connectivity index (χ0n) is 16.9. The maximum Gasteiger partial charge on any atom is 0.412 e. The molecule has 0 unspecified atom stereocenters. The highest BCUT2D eigenvalue weighted by atomic mass is 16.6. The lowest BCUT2D eigenvalue weighted by molar-refractivity contribution is -0.131.